The number of amides is 1. The van der Waals surface area contributed by atoms with Crippen molar-refractivity contribution in [1.82, 2.24) is 9.80 Å². The third-order valence-corrected chi connectivity index (χ3v) is 5.41. The summed E-state index contributed by atoms with van der Waals surface area (Å²) in [6.07, 6.45) is 1.01. The Labute approximate surface area is 163 Å². The SMILES string of the molecule is N#Cc1ccc(CN2CCCN(CC(=O)Nc3sccc3C#N)CC2)cc1. The molecule has 1 saturated heterocycles. The number of hydrogen-bond acceptors (Lipinski definition) is 6. The number of nitriles is 2. The predicted octanol–water partition coefficient (Wildman–Crippen LogP) is 2.64. The van der Waals surface area contributed by atoms with Gasteiger partial charge in [0.15, 0.2) is 0 Å². The fourth-order valence-corrected chi connectivity index (χ4v) is 3.90. The van der Waals surface area contributed by atoms with Gasteiger partial charge in [-0.2, -0.15) is 10.5 Å². The van der Waals surface area contributed by atoms with E-state index < -0.39 is 0 Å². The molecule has 0 bridgehead atoms. The van der Waals surface area contributed by atoms with Gasteiger partial charge < -0.3 is 5.32 Å². The van der Waals surface area contributed by atoms with Crippen LogP contribution < -0.4 is 5.32 Å². The van der Waals surface area contributed by atoms with Crippen LogP contribution in [-0.2, 0) is 11.3 Å². The van der Waals surface area contributed by atoms with E-state index >= 15 is 0 Å². The standard InChI is InChI=1S/C20H21N5OS/c21-12-16-2-4-17(5-3-16)14-24-7-1-8-25(10-9-24)15-19(26)23-20-18(13-22)6-11-27-20/h2-6,11H,1,7-10,14-15H2,(H,23,26). The smallest absolute Gasteiger partial charge is 0.239 e. The molecule has 0 spiro atoms. The van der Waals surface area contributed by atoms with Crippen molar-refractivity contribution >= 4 is 22.2 Å². The van der Waals surface area contributed by atoms with Crippen molar-refractivity contribution < 1.29 is 4.79 Å². The maximum atomic E-state index is 12.3. The molecule has 1 aliphatic heterocycles. The first-order valence-corrected chi connectivity index (χ1v) is 9.77. The van der Waals surface area contributed by atoms with Crippen molar-refractivity contribution in [2.75, 3.05) is 38.0 Å². The number of carbonyl (C=O) groups excluding carboxylic acids is 1. The third-order valence-electron chi connectivity index (χ3n) is 4.58. The molecule has 6 nitrogen and oxygen atoms in total. The Balaban J connectivity index is 1.48. The first-order valence-electron chi connectivity index (χ1n) is 8.89. The fourth-order valence-electron chi connectivity index (χ4n) is 3.15. The summed E-state index contributed by atoms with van der Waals surface area (Å²) in [6, 6.07) is 13.7. The van der Waals surface area contributed by atoms with Gasteiger partial charge in [-0.1, -0.05) is 12.1 Å². The van der Waals surface area contributed by atoms with Crippen LogP contribution in [0.25, 0.3) is 0 Å². The van der Waals surface area contributed by atoms with Crippen molar-refractivity contribution in [2.45, 2.75) is 13.0 Å². The fraction of sp³-hybridized carbons (Fsp3) is 0.350. The van der Waals surface area contributed by atoms with Gasteiger partial charge in [0.05, 0.1) is 23.7 Å². The molecule has 1 aliphatic rings. The zero-order valence-corrected chi connectivity index (χ0v) is 15.8. The number of nitrogens with one attached hydrogen (secondary N) is 1. The molecule has 1 aromatic carbocycles. The van der Waals surface area contributed by atoms with Gasteiger partial charge in [-0.15, -0.1) is 11.3 Å². The molecule has 0 radical (unpaired) electrons. The predicted molar refractivity (Wildman–Crippen MR) is 105 cm³/mol. The van der Waals surface area contributed by atoms with Crippen molar-refractivity contribution in [2.24, 2.45) is 0 Å². The van der Waals surface area contributed by atoms with Crippen LogP contribution in [0.3, 0.4) is 0 Å². The molecule has 3 rings (SSSR count). The van der Waals surface area contributed by atoms with E-state index in [4.69, 9.17) is 10.5 Å². The number of thiophene rings is 1. The number of rotatable bonds is 5. The maximum absolute atomic E-state index is 12.3. The van der Waals surface area contributed by atoms with Crippen LogP contribution in [0.2, 0.25) is 0 Å². The van der Waals surface area contributed by atoms with Gasteiger partial charge in [0.1, 0.15) is 11.1 Å². The molecule has 7 heteroatoms. The lowest BCUT2D eigenvalue weighted by Gasteiger charge is -2.21. The monoisotopic (exact) mass is 379 g/mol. The van der Waals surface area contributed by atoms with Crippen molar-refractivity contribution in [3.63, 3.8) is 0 Å². The molecule has 0 unspecified atom stereocenters. The Bertz CT molecular complexity index is 862. The van der Waals surface area contributed by atoms with E-state index in [0.29, 0.717) is 22.7 Å². The summed E-state index contributed by atoms with van der Waals surface area (Å²) in [4.78, 5) is 16.8. The lowest BCUT2D eigenvalue weighted by Crippen LogP contribution is -2.36. The molecule has 2 aromatic rings. The van der Waals surface area contributed by atoms with E-state index in [-0.39, 0.29) is 5.91 Å². The first-order chi connectivity index (χ1) is 13.2. The molecular weight excluding hydrogens is 358 g/mol. The summed E-state index contributed by atoms with van der Waals surface area (Å²) in [5, 5.41) is 23.2. The Morgan fingerprint density at radius 2 is 1.78 bits per heavy atom. The van der Waals surface area contributed by atoms with E-state index in [2.05, 4.69) is 27.3 Å². The summed E-state index contributed by atoms with van der Waals surface area (Å²) in [5.74, 6) is -0.0745. The number of hydrogen-bond donors (Lipinski definition) is 1. The number of benzene rings is 1. The van der Waals surface area contributed by atoms with Crippen LogP contribution in [0.5, 0.6) is 0 Å². The van der Waals surface area contributed by atoms with E-state index in [1.165, 1.54) is 16.9 Å². The normalized spacial score (nSPS) is 15.5. The van der Waals surface area contributed by atoms with Crippen LogP contribution in [0.15, 0.2) is 35.7 Å². The number of anilines is 1. The third kappa shape index (κ3) is 5.38. The van der Waals surface area contributed by atoms with Crippen LogP contribution in [0.1, 0.15) is 23.1 Å². The zero-order valence-electron chi connectivity index (χ0n) is 15.0. The number of nitrogens with zero attached hydrogens (tertiary/aromatic N) is 4. The van der Waals surface area contributed by atoms with Crippen LogP contribution in [0, 0.1) is 22.7 Å². The molecule has 1 aromatic heterocycles. The lowest BCUT2D eigenvalue weighted by molar-refractivity contribution is -0.117. The second-order valence-corrected chi connectivity index (χ2v) is 7.45. The van der Waals surface area contributed by atoms with Crippen LogP contribution in [0.4, 0.5) is 5.00 Å². The average Bonchev–Trinajstić information content (AvgIpc) is 3.01. The molecule has 1 N–H and O–H groups in total. The van der Waals surface area contributed by atoms with Gasteiger partial charge in [-0.25, -0.2) is 0 Å². The van der Waals surface area contributed by atoms with Crippen molar-refractivity contribution in [3.8, 4) is 12.1 Å². The molecule has 0 atom stereocenters. The van der Waals surface area contributed by atoms with Gasteiger partial charge in [-0.3, -0.25) is 14.6 Å². The highest BCUT2D eigenvalue weighted by atomic mass is 32.1. The molecule has 27 heavy (non-hydrogen) atoms. The average molecular weight is 379 g/mol. The van der Waals surface area contributed by atoms with E-state index in [1.54, 1.807) is 11.4 Å². The minimum absolute atomic E-state index is 0.0745. The molecular formula is C20H21N5OS. The summed E-state index contributed by atoms with van der Waals surface area (Å²) < 4.78 is 0. The van der Waals surface area contributed by atoms with Gasteiger partial charge in [-0.05, 0) is 48.7 Å². The van der Waals surface area contributed by atoms with E-state index in [0.717, 1.165) is 39.1 Å². The highest BCUT2D eigenvalue weighted by molar-refractivity contribution is 7.14. The van der Waals surface area contributed by atoms with Crippen LogP contribution >= 0.6 is 11.3 Å². The Kier molecular flexibility index (Phi) is 6.56. The lowest BCUT2D eigenvalue weighted by atomic mass is 10.1. The molecule has 138 valence electrons. The minimum Gasteiger partial charge on any atom is -0.315 e. The van der Waals surface area contributed by atoms with Gasteiger partial charge in [0, 0.05) is 19.6 Å². The van der Waals surface area contributed by atoms with Gasteiger partial charge in [0.25, 0.3) is 0 Å². The summed E-state index contributed by atoms with van der Waals surface area (Å²) >= 11 is 1.37. The molecule has 1 fully saturated rings. The van der Waals surface area contributed by atoms with Gasteiger partial charge >= 0.3 is 0 Å². The second kappa shape index (κ2) is 9.29. The molecule has 2 heterocycles. The molecule has 0 saturated carbocycles. The Morgan fingerprint density at radius 3 is 2.52 bits per heavy atom. The summed E-state index contributed by atoms with van der Waals surface area (Å²) in [7, 11) is 0. The molecule has 1 amide bonds. The maximum Gasteiger partial charge on any atom is 0.239 e. The topological polar surface area (TPSA) is 83.2 Å². The number of carbonyl (C=O) groups is 1. The quantitative estimate of drug-likeness (QED) is 0.863. The summed E-state index contributed by atoms with van der Waals surface area (Å²) in [6.45, 7) is 4.80. The largest absolute Gasteiger partial charge is 0.315 e. The highest BCUT2D eigenvalue weighted by Crippen LogP contribution is 2.22. The summed E-state index contributed by atoms with van der Waals surface area (Å²) in [5.41, 5.74) is 2.39. The first kappa shape index (κ1) is 19.1. The van der Waals surface area contributed by atoms with Crippen molar-refractivity contribution in [3.05, 3.63) is 52.4 Å². The Hall–Kier alpha value is -2.71. The van der Waals surface area contributed by atoms with Crippen LogP contribution in [-0.4, -0.2) is 48.4 Å². The minimum atomic E-state index is -0.0745. The van der Waals surface area contributed by atoms with Gasteiger partial charge in [0.2, 0.25) is 5.91 Å². The zero-order chi connectivity index (χ0) is 19.1. The molecule has 0 aliphatic carbocycles. The van der Waals surface area contributed by atoms with E-state index in [1.807, 2.05) is 24.3 Å². The Morgan fingerprint density at radius 1 is 1.04 bits per heavy atom. The van der Waals surface area contributed by atoms with Crippen molar-refractivity contribution in [1.29, 1.82) is 10.5 Å². The second-order valence-electron chi connectivity index (χ2n) is 6.54. The van der Waals surface area contributed by atoms with E-state index in [9.17, 15) is 4.79 Å². The highest BCUT2D eigenvalue weighted by Gasteiger charge is 2.18.